The van der Waals surface area contributed by atoms with Gasteiger partial charge in [0.15, 0.2) is 11.5 Å². The zero-order valence-electron chi connectivity index (χ0n) is 17.2. The van der Waals surface area contributed by atoms with E-state index >= 15 is 0 Å². The highest BCUT2D eigenvalue weighted by Crippen LogP contribution is 2.17. The standard InChI is InChI=1S/C20H22O2.2C2H6/c1-3-19(21-15-17-11-7-5-8-12-17)20(4-2)22-16-18-13-9-6-10-14-18;2*1-2/h3-14H,15-16H2,1-2H3;2*1-2H3/b19-3+,20-4+;;. The van der Waals surface area contributed by atoms with Gasteiger partial charge < -0.3 is 9.47 Å². The van der Waals surface area contributed by atoms with Crippen molar-refractivity contribution in [3.05, 3.63) is 95.5 Å². The van der Waals surface area contributed by atoms with E-state index in [9.17, 15) is 0 Å². The molecular formula is C24H34O2. The van der Waals surface area contributed by atoms with Gasteiger partial charge in [-0.25, -0.2) is 0 Å². The fraction of sp³-hybridized carbons (Fsp3) is 0.333. The predicted octanol–water partition coefficient (Wildman–Crippen LogP) is 7.28. The molecule has 2 aromatic carbocycles. The number of allylic oxidation sites excluding steroid dienone is 2. The zero-order valence-corrected chi connectivity index (χ0v) is 17.2. The average Bonchev–Trinajstić information content (AvgIpc) is 2.75. The molecule has 2 aromatic rings. The Balaban J connectivity index is 0.00000146. The van der Waals surface area contributed by atoms with E-state index in [2.05, 4.69) is 0 Å². The van der Waals surface area contributed by atoms with Crippen LogP contribution in [-0.4, -0.2) is 0 Å². The first-order valence-electron chi connectivity index (χ1n) is 9.50. The summed E-state index contributed by atoms with van der Waals surface area (Å²) in [6, 6.07) is 20.2. The molecule has 0 saturated heterocycles. The highest BCUT2D eigenvalue weighted by atomic mass is 16.5. The molecule has 0 N–H and O–H groups in total. The first kappa shape index (κ1) is 23.5. The van der Waals surface area contributed by atoms with Crippen LogP contribution in [0, 0.1) is 0 Å². The molecule has 0 saturated carbocycles. The number of rotatable bonds is 7. The summed E-state index contributed by atoms with van der Waals surface area (Å²) in [5.74, 6) is 1.53. The van der Waals surface area contributed by atoms with Crippen molar-refractivity contribution >= 4 is 0 Å². The summed E-state index contributed by atoms with van der Waals surface area (Å²) in [6.45, 7) is 13.0. The molecule has 0 unspecified atom stereocenters. The summed E-state index contributed by atoms with van der Waals surface area (Å²) in [7, 11) is 0. The fourth-order valence-corrected chi connectivity index (χ4v) is 2.06. The molecular weight excluding hydrogens is 320 g/mol. The lowest BCUT2D eigenvalue weighted by atomic mass is 10.2. The van der Waals surface area contributed by atoms with Gasteiger partial charge in [-0.2, -0.15) is 0 Å². The van der Waals surface area contributed by atoms with Crippen molar-refractivity contribution in [3.63, 3.8) is 0 Å². The largest absolute Gasteiger partial charge is 0.485 e. The third kappa shape index (κ3) is 9.12. The second-order valence-corrected chi connectivity index (χ2v) is 4.85. The molecule has 0 bridgehead atoms. The lowest BCUT2D eigenvalue weighted by Gasteiger charge is -2.15. The lowest BCUT2D eigenvalue weighted by molar-refractivity contribution is 0.136. The fourth-order valence-electron chi connectivity index (χ4n) is 2.06. The molecule has 0 aromatic heterocycles. The topological polar surface area (TPSA) is 18.5 Å². The van der Waals surface area contributed by atoms with Gasteiger partial charge in [-0.1, -0.05) is 88.4 Å². The Bertz CT molecular complexity index is 556. The van der Waals surface area contributed by atoms with Crippen molar-refractivity contribution in [2.75, 3.05) is 0 Å². The van der Waals surface area contributed by atoms with E-state index in [0.29, 0.717) is 13.2 Å². The summed E-state index contributed by atoms with van der Waals surface area (Å²) in [4.78, 5) is 0. The molecule has 0 radical (unpaired) electrons. The van der Waals surface area contributed by atoms with Crippen LogP contribution < -0.4 is 0 Å². The van der Waals surface area contributed by atoms with Gasteiger partial charge in [-0.05, 0) is 37.1 Å². The summed E-state index contributed by atoms with van der Waals surface area (Å²) in [5, 5.41) is 0. The van der Waals surface area contributed by atoms with Crippen LogP contribution in [0.3, 0.4) is 0 Å². The Kier molecular flexibility index (Phi) is 14.5. The smallest absolute Gasteiger partial charge is 0.157 e. The molecule has 2 nitrogen and oxygen atoms in total. The molecule has 142 valence electrons. The van der Waals surface area contributed by atoms with E-state index in [4.69, 9.17) is 9.47 Å². The monoisotopic (exact) mass is 354 g/mol. The van der Waals surface area contributed by atoms with Gasteiger partial charge in [0.1, 0.15) is 13.2 Å². The highest BCUT2D eigenvalue weighted by Gasteiger charge is 2.07. The van der Waals surface area contributed by atoms with E-state index in [-0.39, 0.29) is 0 Å². The summed E-state index contributed by atoms with van der Waals surface area (Å²) >= 11 is 0. The predicted molar refractivity (Wildman–Crippen MR) is 113 cm³/mol. The molecule has 0 fully saturated rings. The van der Waals surface area contributed by atoms with E-state index < -0.39 is 0 Å². The molecule has 0 spiro atoms. The number of hydrogen-bond donors (Lipinski definition) is 0. The molecule has 0 aliphatic rings. The second kappa shape index (κ2) is 16.0. The van der Waals surface area contributed by atoms with Gasteiger partial charge in [-0.15, -0.1) is 0 Å². The lowest BCUT2D eigenvalue weighted by Crippen LogP contribution is -2.01. The van der Waals surface area contributed by atoms with Crippen molar-refractivity contribution in [2.45, 2.75) is 54.8 Å². The third-order valence-corrected chi connectivity index (χ3v) is 3.24. The van der Waals surface area contributed by atoms with Gasteiger partial charge in [0, 0.05) is 0 Å². The second-order valence-electron chi connectivity index (χ2n) is 4.85. The van der Waals surface area contributed by atoms with Crippen LogP contribution in [-0.2, 0) is 22.7 Å². The third-order valence-electron chi connectivity index (χ3n) is 3.24. The molecule has 0 aliphatic carbocycles. The molecule has 0 atom stereocenters. The quantitative estimate of drug-likeness (QED) is 0.384. The molecule has 2 rings (SSSR count). The normalized spacial score (nSPS) is 10.7. The first-order valence-corrected chi connectivity index (χ1v) is 9.50. The van der Waals surface area contributed by atoms with Gasteiger partial charge >= 0.3 is 0 Å². The minimum atomic E-state index is 0.534. The molecule has 2 heteroatoms. The van der Waals surface area contributed by atoms with E-state index in [1.807, 2.05) is 114 Å². The number of ether oxygens (including phenoxy) is 2. The van der Waals surface area contributed by atoms with Crippen LogP contribution in [0.5, 0.6) is 0 Å². The zero-order chi connectivity index (χ0) is 19.6. The molecule has 0 heterocycles. The Morgan fingerprint density at radius 3 is 1.19 bits per heavy atom. The molecule has 26 heavy (non-hydrogen) atoms. The maximum absolute atomic E-state index is 5.89. The van der Waals surface area contributed by atoms with Crippen LogP contribution in [0.1, 0.15) is 52.7 Å². The highest BCUT2D eigenvalue weighted by molar-refractivity contribution is 5.21. The Morgan fingerprint density at radius 1 is 0.615 bits per heavy atom. The van der Waals surface area contributed by atoms with Gasteiger partial charge in [-0.3, -0.25) is 0 Å². The van der Waals surface area contributed by atoms with E-state index in [0.717, 1.165) is 22.6 Å². The minimum Gasteiger partial charge on any atom is -0.485 e. The van der Waals surface area contributed by atoms with Gasteiger partial charge in [0.05, 0.1) is 0 Å². The molecule has 0 aliphatic heterocycles. The van der Waals surface area contributed by atoms with Gasteiger partial charge in [0.2, 0.25) is 0 Å². The number of benzene rings is 2. The van der Waals surface area contributed by atoms with E-state index in [1.165, 1.54) is 0 Å². The van der Waals surface area contributed by atoms with E-state index in [1.54, 1.807) is 0 Å². The van der Waals surface area contributed by atoms with Crippen molar-refractivity contribution in [1.82, 2.24) is 0 Å². The van der Waals surface area contributed by atoms with Gasteiger partial charge in [0.25, 0.3) is 0 Å². The summed E-state index contributed by atoms with van der Waals surface area (Å²) in [6.07, 6.45) is 3.87. The Hall–Kier alpha value is -2.48. The maximum Gasteiger partial charge on any atom is 0.157 e. The SMILES string of the molecule is C/C=C(OCc1ccccc1)\C(=C/C)OCc1ccccc1.CC.CC. The van der Waals surface area contributed by atoms with Crippen molar-refractivity contribution < 1.29 is 9.47 Å². The Morgan fingerprint density at radius 2 is 0.923 bits per heavy atom. The number of hydrogen-bond acceptors (Lipinski definition) is 2. The average molecular weight is 355 g/mol. The van der Waals surface area contributed by atoms with Crippen LogP contribution >= 0.6 is 0 Å². The molecule has 0 amide bonds. The maximum atomic E-state index is 5.89. The minimum absolute atomic E-state index is 0.534. The van der Waals surface area contributed by atoms with Crippen LogP contribution in [0.4, 0.5) is 0 Å². The van der Waals surface area contributed by atoms with Crippen molar-refractivity contribution in [1.29, 1.82) is 0 Å². The van der Waals surface area contributed by atoms with Crippen LogP contribution in [0.2, 0.25) is 0 Å². The van der Waals surface area contributed by atoms with Crippen LogP contribution in [0.25, 0.3) is 0 Å². The van der Waals surface area contributed by atoms with Crippen molar-refractivity contribution in [3.8, 4) is 0 Å². The van der Waals surface area contributed by atoms with Crippen LogP contribution in [0.15, 0.2) is 84.3 Å². The summed E-state index contributed by atoms with van der Waals surface area (Å²) in [5.41, 5.74) is 2.28. The first-order chi connectivity index (χ1) is 12.8. The summed E-state index contributed by atoms with van der Waals surface area (Å²) < 4.78 is 11.8. The Labute approximate surface area is 160 Å². The van der Waals surface area contributed by atoms with Crippen molar-refractivity contribution in [2.24, 2.45) is 0 Å².